The van der Waals surface area contributed by atoms with Crippen LogP contribution >= 0.6 is 15.9 Å². The number of fused-ring (bicyclic) bond motifs is 1. The van der Waals surface area contributed by atoms with Gasteiger partial charge in [0.2, 0.25) is 0 Å². The first-order chi connectivity index (χ1) is 9.65. The fraction of sp³-hybridized carbons (Fsp3) is 0.0667. The Kier molecular flexibility index (Phi) is 3.28. The molecule has 0 bridgehead atoms. The SMILES string of the molecule is Cc1c(NC(=O)c2cccc(Br)c2)ccc2nccn12. The Labute approximate surface area is 124 Å². The standard InChI is InChI=1S/C15H12BrN3O/c1-10-13(5-6-14-17-7-8-19(10)14)18-15(20)11-3-2-4-12(16)9-11/h2-9H,1H3,(H,18,20). The molecule has 100 valence electrons. The summed E-state index contributed by atoms with van der Waals surface area (Å²) in [4.78, 5) is 16.4. The van der Waals surface area contributed by atoms with E-state index in [1.807, 2.05) is 41.8 Å². The molecule has 3 aromatic rings. The number of anilines is 1. The molecule has 0 aliphatic rings. The summed E-state index contributed by atoms with van der Waals surface area (Å²) in [6.45, 7) is 1.95. The van der Waals surface area contributed by atoms with Crippen molar-refractivity contribution in [2.45, 2.75) is 6.92 Å². The molecule has 0 saturated carbocycles. The molecule has 4 nitrogen and oxygen atoms in total. The van der Waals surface area contributed by atoms with Crippen LogP contribution in [-0.2, 0) is 0 Å². The van der Waals surface area contributed by atoms with Crippen LogP contribution in [0.25, 0.3) is 5.65 Å². The number of carbonyl (C=O) groups excluding carboxylic acids is 1. The van der Waals surface area contributed by atoms with Crippen LogP contribution in [0.5, 0.6) is 0 Å². The highest BCUT2D eigenvalue weighted by atomic mass is 79.9. The van der Waals surface area contributed by atoms with Crippen LogP contribution in [0.4, 0.5) is 5.69 Å². The average molecular weight is 330 g/mol. The van der Waals surface area contributed by atoms with Gasteiger partial charge < -0.3 is 9.72 Å². The molecule has 2 aromatic heterocycles. The van der Waals surface area contributed by atoms with E-state index in [4.69, 9.17) is 0 Å². The van der Waals surface area contributed by atoms with Crippen molar-refractivity contribution < 1.29 is 4.79 Å². The third-order valence-corrected chi connectivity index (χ3v) is 3.65. The Morgan fingerprint density at radius 2 is 2.15 bits per heavy atom. The Bertz CT molecular complexity index is 795. The van der Waals surface area contributed by atoms with Gasteiger partial charge in [0.25, 0.3) is 5.91 Å². The highest BCUT2D eigenvalue weighted by molar-refractivity contribution is 9.10. The molecule has 2 heterocycles. The van der Waals surface area contributed by atoms with Gasteiger partial charge in [-0.25, -0.2) is 4.98 Å². The molecule has 5 heteroatoms. The number of nitrogens with zero attached hydrogens (tertiary/aromatic N) is 2. The lowest BCUT2D eigenvalue weighted by atomic mass is 10.2. The summed E-state index contributed by atoms with van der Waals surface area (Å²) in [5.41, 5.74) is 3.20. The zero-order chi connectivity index (χ0) is 14.1. The molecule has 1 N–H and O–H groups in total. The number of hydrogen-bond donors (Lipinski definition) is 1. The lowest BCUT2D eigenvalue weighted by Crippen LogP contribution is -2.13. The number of carbonyl (C=O) groups is 1. The van der Waals surface area contributed by atoms with Gasteiger partial charge in [0.05, 0.1) is 5.69 Å². The fourth-order valence-electron chi connectivity index (χ4n) is 2.09. The zero-order valence-electron chi connectivity index (χ0n) is 10.8. The molecule has 0 fully saturated rings. The predicted molar refractivity (Wildman–Crippen MR) is 82.0 cm³/mol. The first kappa shape index (κ1) is 12.9. The van der Waals surface area contributed by atoms with Crippen molar-refractivity contribution in [3.8, 4) is 0 Å². The van der Waals surface area contributed by atoms with E-state index in [1.165, 1.54) is 0 Å². The van der Waals surface area contributed by atoms with Crippen molar-refractivity contribution in [3.63, 3.8) is 0 Å². The summed E-state index contributed by atoms with van der Waals surface area (Å²) in [7, 11) is 0. The molecule has 0 radical (unpaired) electrons. The Balaban J connectivity index is 1.93. The third kappa shape index (κ3) is 2.32. The second-order valence-electron chi connectivity index (χ2n) is 4.45. The van der Waals surface area contributed by atoms with E-state index in [-0.39, 0.29) is 5.91 Å². The zero-order valence-corrected chi connectivity index (χ0v) is 12.4. The third-order valence-electron chi connectivity index (χ3n) is 3.15. The molecular formula is C15H12BrN3O. The van der Waals surface area contributed by atoms with Gasteiger partial charge in [-0.3, -0.25) is 4.79 Å². The van der Waals surface area contributed by atoms with Crippen molar-refractivity contribution in [1.29, 1.82) is 0 Å². The van der Waals surface area contributed by atoms with Crippen LogP contribution in [0.15, 0.2) is 53.3 Å². The Morgan fingerprint density at radius 1 is 1.30 bits per heavy atom. The van der Waals surface area contributed by atoms with Crippen LogP contribution in [0.2, 0.25) is 0 Å². The molecule has 0 aliphatic carbocycles. The Morgan fingerprint density at radius 3 is 2.95 bits per heavy atom. The van der Waals surface area contributed by atoms with Gasteiger partial charge in [-0.1, -0.05) is 22.0 Å². The van der Waals surface area contributed by atoms with Crippen LogP contribution in [-0.4, -0.2) is 15.3 Å². The number of aryl methyl sites for hydroxylation is 1. The number of aromatic nitrogens is 2. The minimum Gasteiger partial charge on any atom is -0.320 e. The summed E-state index contributed by atoms with van der Waals surface area (Å²) in [5, 5.41) is 2.93. The summed E-state index contributed by atoms with van der Waals surface area (Å²) >= 11 is 3.37. The molecule has 0 aliphatic heterocycles. The predicted octanol–water partition coefficient (Wildman–Crippen LogP) is 3.66. The number of amides is 1. The quantitative estimate of drug-likeness (QED) is 0.779. The minimum atomic E-state index is -0.131. The smallest absolute Gasteiger partial charge is 0.255 e. The van der Waals surface area contributed by atoms with Gasteiger partial charge >= 0.3 is 0 Å². The van der Waals surface area contributed by atoms with E-state index in [0.717, 1.165) is 21.5 Å². The van der Waals surface area contributed by atoms with Crippen molar-refractivity contribution >= 4 is 33.2 Å². The maximum Gasteiger partial charge on any atom is 0.255 e. The summed E-state index contributed by atoms with van der Waals surface area (Å²) in [6, 6.07) is 11.0. The molecule has 3 rings (SSSR count). The molecule has 20 heavy (non-hydrogen) atoms. The van der Waals surface area contributed by atoms with Gasteiger partial charge in [-0.15, -0.1) is 0 Å². The molecule has 0 unspecified atom stereocenters. The number of pyridine rings is 1. The second kappa shape index (κ2) is 5.09. The molecule has 1 amide bonds. The molecule has 0 spiro atoms. The monoisotopic (exact) mass is 329 g/mol. The highest BCUT2D eigenvalue weighted by Gasteiger charge is 2.09. The Hall–Kier alpha value is -2.14. The summed E-state index contributed by atoms with van der Waals surface area (Å²) in [6.07, 6.45) is 3.61. The number of halogens is 1. The second-order valence-corrected chi connectivity index (χ2v) is 5.37. The maximum atomic E-state index is 12.2. The molecular weight excluding hydrogens is 318 g/mol. The minimum absolute atomic E-state index is 0.131. The fourth-order valence-corrected chi connectivity index (χ4v) is 2.49. The maximum absolute atomic E-state index is 12.2. The average Bonchev–Trinajstić information content (AvgIpc) is 2.91. The van der Waals surface area contributed by atoms with Gasteiger partial charge in [0, 0.05) is 28.1 Å². The van der Waals surface area contributed by atoms with E-state index >= 15 is 0 Å². The van der Waals surface area contributed by atoms with E-state index in [9.17, 15) is 4.79 Å². The van der Waals surface area contributed by atoms with Crippen LogP contribution in [0.1, 0.15) is 16.1 Å². The topological polar surface area (TPSA) is 46.4 Å². The number of rotatable bonds is 2. The number of benzene rings is 1. The largest absolute Gasteiger partial charge is 0.320 e. The van der Waals surface area contributed by atoms with E-state index in [2.05, 4.69) is 26.2 Å². The van der Waals surface area contributed by atoms with E-state index < -0.39 is 0 Å². The van der Waals surface area contributed by atoms with Crippen LogP contribution in [0, 0.1) is 6.92 Å². The molecule has 0 atom stereocenters. The van der Waals surface area contributed by atoms with Crippen LogP contribution < -0.4 is 5.32 Å². The summed E-state index contributed by atoms with van der Waals surface area (Å²) < 4.78 is 2.82. The van der Waals surface area contributed by atoms with Gasteiger partial charge in [-0.05, 0) is 37.3 Å². The van der Waals surface area contributed by atoms with Crippen molar-refractivity contribution in [2.75, 3.05) is 5.32 Å². The van der Waals surface area contributed by atoms with Crippen molar-refractivity contribution in [2.24, 2.45) is 0 Å². The number of hydrogen-bond acceptors (Lipinski definition) is 2. The molecule has 0 saturated heterocycles. The lowest BCUT2D eigenvalue weighted by Gasteiger charge is -2.10. The van der Waals surface area contributed by atoms with Crippen molar-refractivity contribution in [1.82, 2.24) is 9.38 Å². The molecule has 1 aromatic carbocycles. The first-order valence-electron chi connectivity index (χ1n) is 6.15. The van der Waals surface area contributed by atoms with Crippen LogP contribution in [0.3, 0.4) is 0 Å². The van der Waals surface area contributed by atoms with Gasteiger partial charge in [0.15, 0.2) is 0 Å². The van der Waals surface area contributed by atoms with Gasteiger partial charge in [-0.2, -0.15) is 0 Å². The number of nitrogens with one attached hydrogen (secondary N) is 1. The van der Waals surface area contributed by atoms with Crippen molar-refractivity contribution in [3.05, 3.63) is 64.5 Å². The number of imidazole rings is 1. The lowest BCUT2D eigenvalue weighted by molar-refractivity contribution is 0.102. The van der Waals surface area contributed by atoms with E-state index in [0.29, 0.717) is 5.56 Å². The summed E-state index contributed by atoms with van der Waals surface area (Å²) in [5.74, 6) is -0.131. The van der Waals surface area contributed by atoms with E-state index in [1.54, 1.807) is 18.3 Å². The van der Waals surface area contributed by atoms with Gasteiger partial charge in [0.1, 0.15) is 5.65 Å². The highest BCUT2D eigenvalue weighted by Crippen LogP contribution is 2.18. The normalized spacial score (nSPS) is 10.7. The first-order valence-corrected chi connectivity index (χ1v) is 6.94.